The van der Waals surface area contributed by atoms with Crippen LogP contribution in [0.3, 0.4) is 0 Å². The summed E-state index contributed by atoms with van der Waals surface area (Å²) in [4.78, 5) is 14.7. The molecule has 0 unspecified atom stereocenters. The second kappa shape index (κ2) is 8.84. The van der Waals surface area contributed by atoms with Crippen molar-refractivity contribution in [3.8, 4) is 11.4 Å². The van der Waals surface area contributed by atoms with Crippen LogP contribution in [0.25, 0.3) is 17.0 Å². The summed E-state index contributed by atoms with van der Waals surface area (Å²) in [6, 6.07) is 3.80. The molecule has 0 aliphatic carbocycles. The average Bonchev–Trinajstić information content (AvgIpc) is 3.20. The number of sulfonamides is 1. The van der Waals surface area contributed by atoms with Crippen molar-refractivity contribution in [1.82, 2.24) is 29.3 Å². The zero-order chi connectivity index (χ0) is 22.9. The number of rotatable bonds is 7. The molecule has 1 saturated heterocycles. The maximum atomic E-state index is 13.1. The third kappa shape index (κ3) is 4.74. The minimum absolute atomic E-state index is 0.356. The fourth-order valence-electron chi connectivity index (χ4n) is 3.46. The Morgan fingerprint density at radius 3 is 2.84 bits per heavy atom. The number of fused-ring (bicyclic) bond motifs is 1. The van der Waals surface area contributed by atoms with E-state index in [9.17, 15) is 17.2 Å². The van der Waals surface area contributed by atoms with E-state index in [-0.39, 0.29) is 5.69 Å². The van der Waals surface area contributed by atoms with E-state index in [0.29, 0.717) is 42.5 Å². The topological polar surface area (TPSA) is 115 Å². The van der Waals surface area contributed by atoms with Gasteiger partial charge in [0.05, 0.1) is 36.9 Å². The van der Waals surface area contributed by atoms with Gasteiger partial charge in [0, 0.05) is 19.2 Å². The van der Waals surface area contributed by atoms with E-state index in [1.807, 2.05) is 4.90 Å². The molecular formula is C19H21F2N7O3S. The van der Waals surface area contributed by atoms with Gasteiger partial charge in [-0.25, -0.2) is 41.4 Å². The lowest BCUT2D eigenvalue weighted by atomic mass is 10.1. The summed E-state index contributed by atoms with van der Waals surface area (Å²) in [7, 11) is -3.45. The molecule has 0 aromatic carbocycles. The van der Waals surface area contributed by atoms with Gasteiger partial charge in [0.15, 0.2) is 5.65 Å². The molecule has 1 aliphatic rings. The molecule has 170 valence electrons. The van der Waals surface area contributed by atoms with Gasteiger partial charge in [-0.3, -0.25) is 0 Å². The Kier molecular flexibility index (Phi) is 6.13. The van der Waals surface area contributed by atoms with E-state index in [4.69, 9.17) is 4.74 Å². The van der Waals surface area contributed by atoms with E-state index in [1.165, 1.54) is 35.2 Å². The zero-order valence-corrected chi connectivity index (χ0v) is 17.9. The molecule has 4 rings (SSSR count). The highest BCUT2D eigenvalue weighted by atomic mass is 32.2. The van der Waals surface area contributed by atoms with E-state index >= 15 is 0 Å². The maximum Gasteiger partial charge on any atom is 0.282 e. The molecular weight excluding hydrogens is 444 g/mol. The number of hydrogen-bond donors (Lipinski definition) is 1. The van der Waals surface area contributed by atoms with Crippen molar-refractivity contribution in [1.29, 1.82) is 0 Å². The second-order valence-electron chi connectivity index (χ2n) is 7.24. The van der Waals surface area contributed by atoms with Crippen LogP contribution in [-0.2, 0) is 14.8 Å². The van der Waals surface area contributed by atoms with Gasteiger partial charge in [-0.1, -0.05) is 6.08 Å². The third-order valence-corrected chi connectivity index (χ3v) is 5.64. The molecule has 0 spiro atoms. The van der Waals surface area contributed by atoms with Gasteiger partial charge in [-0.2, -0.15) is 5.10 Å². The predicted molar refractivity (Wildman–Crippen MR) is 113 cm³/mol. The number of alkyl halides is 2. The van der Waals surface area contributed by atoms with E-state index in [1.54, 1.807) is 6.07 Å². The number of hydrogen-bond acceptors (Lipinski definition) is 8. The summed E-state index contributed by atoms with van der Waals surface area (Å²) in [6.45, 7) is 4.93. The van der Waals surface area contributed by atoms with Gasteiger partial charge in [-0.15, -0.1) is 6.58 Å². The molecule has 3 aromatic rings. The van der Waals surface area contributed by atoms with Crippen LogP contribution in [0.15, 0.2) is 43.4 Å². The van der Waals surface area contributed by atoms with Gasteiger partial charge < -0.3 is 9.64 Å². The summed E-state index contributed by atoms with van der Waals surface area (Å²) in [5, 5.41) is 3.97. The van der Waals surface area contributed by atoms with Crippen molar-refractivity contribution in [3.05, 3.63) is 49.1 Å². The Morgan fingerprint density at radius 1 is 1.31 bits per heavy atom. The maximum absolute atomic E-state index is 13.1. The quantitative estimate of drug-likeness (QED) is 0.522. The highest BCUT2D eigenvalue weighted by molar-refractivity contribution is 7.88. The first-order valence-corrected chi connectivity index (χ1v) is 11.6. The highest BCUT2D eigenvalue weighted by Gasteiger charge is 2.29. The lowest BCUT2D eigenvalue weighted by Crippen LogP contribution is -2.52. The number of halogens is 2. The summed E-state index contributed by atoms with van der Waals surface area (Å²) in [5.41, 5.74) is 0.949. The molecule has 0 amide bonds. The van der Waals surface area contributed by atoms with Gasteiger partial charge in [0.25, 0.3) is 6.43 Å². The molecule has 4 heterocycles. The van der Waals surface area contributed by atoms with E-state index in [0.717, 1.165) is 6.26 Å². The number of ether oxygens (including phenoxy) is 1. The van der Waals surface area contributed by atoms with Crippen molar-refractivity contribution < 1.29 is 21.9 Å². The standard InChI is InChI=1S/C19H21F2N7O3S/c1-3-12(26-32(2,29)30)16-10-27(6-7-31-16)18-8-14(23-11-24-18)15-9-22-17-5-4-13(19(20)21)25-28(15)17/h3-5,8-9,11-12,16,19,26H,1,6-7,10H2,2H3/t12-,16-/m0/s1. The molecule has 32 heavy (non-hydrogen) atoms. The largest absolute Gasteiger partial charge is 0.373 e. The summed E-state index contributed by atoms with van der Waals surface area (Å²) in [5.74, 6) is 0.574. The lowest BCUT2D eigenvalue weighted by molar-refractivity contribution is 0.0297. The first-order valence-electron chi connectivity index (χ1n) is 9.67. The SMILES string of the molecule is C=C[C@H](NS(C)(=O)=O)[C@@H]1CN(c2cc(-c3cnc4ccc(C(F)F)nn34)ncn2)CCO1. The minimum atomic E-state index is -3.45. The highest BCUT2D eigenvalue weighted by Crippen LogP contribution is 2.24. The molecule has 1 fully saturated rings. The van der Waals surface area contributed by atoms with Crippen LogP contribution in [0.5, 0.6) is 0 Å². The number of nitrogens with zero attached hydrogens (tertiary/aromatic N) is 6. The fourth-order valence-corrected chi connectivity index (χ4v) is 4.20. The van der Waals surface area contributed by atoms with Crippen LogP contribution in [0.1, 0.15) is 12.1 Å². The molecule has 1 N–H and O–H groups in total. The number of nitrogens with one attached hydrogen (secondary N) is 1. The Hall–Kier alpha value is -3.03. The number of anilines is 1. The lowest BCUT2D eigenvalue weighted by Gasteiger charge is -2.36. The monoisotopic (exact) mass is 465 g/mol. The smallest absolute Gasteiger partial charge is 0.282 e. The third-order valence-electron chi connectivity index (χ3n) is 4.94. The molecule has 2 atom stereocenters. The van der Waals surface area contributed by atoms with Crippen LogP contribution in [0.2, 0.25) is 0 Å². The Labute approximate surface area is 183 Å². The number of imidazole rings is 1. The zero-order valence-electron chi connectivity index (χ0n) is 17.1. The van der Waals surface area contributed by atoms with Crippen molar-refractivity contribution in [2.45, 2.75) is 18.6 Å². The first kappa shape index (κ1) is 22.2. The Balaban J connectivity index is 1.61. The number of aromatic nitrogens is 5. The summed E-state index contributed by atoms with van der Waals surface area (Å²) >= 11 is 0. The van der Waals surface area contributed by atoms with Gasteiger partial charge >= 0.3 is 0 Å². The average molecular weight is 465 g/mol. The molecule has 1 aliphatic heterocycles. The number of morpholine rings is 1. The van der Waals surface area contributed by atoms with Crippen LogP contribution < -0.4 is 9.62 Å². The van der Waals surface area contributed by atoms with Gasteiger partial charge in [0.1, 0.15) is 23.5 Å². The van der Waals surface area contributed by atoms with Crippen molar-refractivity contribution in [2.75, 3.05) is 30.9 Å². The van der Waals surface area contributed by atoms with E-state index < -0.39 is 28.6 Å². The van der Waals surface area contributed by atoms with Crippen LogP contribution in [-0.4, -0.2) is 71.1 Å². The Morgan fingerprint density at radius 2 is 2.12 bits per heavy atom. The van der Waals surface area contributed by atoms with Crippen LogP contribution >= 0.6 is 0 Å². The Bertz CT molecular complexity index is 1230. The minimum Gasteiger partial charge on any atom is -0.373 e. The molecule has 3 aromatic heterocycles. The predicted octanol–water partition coefficient (Wildman–Crippen LogP) is 1.43. The van der Waals surface area contributed by atoms with Crippen molar-refractivity contribution in [2.24, 2.45) is 0 Å². The fraction of sp³-hybridized carbons (Fsp3) is 0.368. The van der Waals surface area contributed by atoms with E-state index in [2.05, 4.69) is 31.4 Å². The van der Waals surface area contributed by atoms with Crippen molar-refractivity contribution in [3.63, 3.8) is 0 Å². The molecule has 0 bridgehead atoms. The van der Waals surface area contributed by atoms with Gasteiger partial charge in [-0.05, 0) is 12.1 Å². The molecule has 10 nitrogen and oxygen atoms in total. The second-order valence-corrected chi connectivity index (χ2v) is 9.02. The van der Waals surface area contributed by atoms with Crippen molar-refractivity contribution >= 4 is 21.5 Å². The molecule has 0 radical (unpaired) electrons. The van der Waals surface area contributed by atoms with Crippen LogP contribution in [0, 0.1) is 0 Å². The molecule has 13 heteroatoms. The van der Waals surface area contributed by atoms with Gasteiger partial charge in [0.2, 0.25) is 10.0 Å². The first-order chi connectivity index (χ1) is 15.2. The summed E-state index contributed by atoms with van der Waals surface area (Å²) in [6.07, 6.45) is 2.26. The van der Waals surface area contributed by atoms with Crippen LogP contribution in [0.4, 0.5) is 14.6 Å². The summed E-state index contributed by atoms with van der Waals surface area (Å²) < 4.78 is 59.0. The normalized spacial score (nSPS) is 18.2. The molecule has 0 saturated carbocycles.